The summed E-state index contributed by atoms with van der Waals surface area (Å²) in [7, 11) is -3.50. The molecule has 0 fully saturated rings. The Morgan fingerprint density at radius 1 is 1.29 bits per heavy atom. The van der Waals surface area contributed by atoms with E-state index in [2.05, 4.69) is 10.0 Å². The SMILES string of the molecule is CC(C)CNC(=O)c1ccccc1NS(=O)(=O)CCCCl. The van der Waals surface area contributed by atoms with E-state index >= 15 is 0 Å². The molecule has 1 amide bonds. The topological polar surface area (TPSA) is 75.3 Å². The minimum Gasteiger partial charge on any atom is -0.352 e. The van der Waals surface area contributed by atoms with Gasteiger partial charge in [-0.05, 0) is 24.5 Å². The first-order chi connectivity index (χ1) is 9.85. The zero-order chi connectivity index (χ0) is 15.9. The van der Waals surface area contributed by atoms with Crippen molar-refractivity contribution in [2.45, 2.75) is 20.3 Å². The van der Waals surface area contributed by atoms with E-state index in [-0.39, 0.29) is 23.2 Å². The Morgan fingerprint density at radius 3 is 2.57 bits per heavy atom. The van der Waals surface area contributed by atoms with Gasteiger partial charge >= 0.3 is 0 Å². The Kier molecular flexibility index (Phi) is 6.98. The van der Waals surface area contributed by atoms with Gasteiger partial charge in [0.1, 0.15) is 0 Å². The number of amides is 1. The number of carbonyl (C=O) groups is 1. The molecule has 0 aliphatic heterocycles. The highest BCUT2D eigenvalue weighted by Crippen LogP contribution is 2.17. The maximum absolute atomic E-state index is 12.1. The average Bonchev–Trinajstić information content (AvgIpc) is 2.43. The van der Waals surface area contributed by atoms with E-state index in [1.807, 2.05) is 13.8 Å². The van der Waals surface area contributed by atoms with Crippen molar-refractivity contribution in [2.24, 2.45) is 5.92 Å². The van der Waals surface area contributed by atoms with Gasteiger partial charge in [-0.2, -0.15) is 0 Å². The first-order valence-electron chi connectivity index (χ1n) is 6.79. The van der Waals surface area contributed by atoms with Gasteiger partial charge in [0.15, 0.2) is 0 Å². The fourth-order valence-corrected chi connectivity index (χ4v) is 3.06. The molecule has 0 aliphatic carbocycles. The summed E-state index contributed by atoms with van der Waals surface area (Å²) in [6, 6.07) is 6.54. The van der Waals surface area contributed by atoms with Crippen LogP contribution in [0.25, 0.3) is 0 Å². The maximum atomic E-state index is 12.1. The van der Waals surface area contributed by atoms with Crippen LogP contribution < -0.4 is 10.0 Å². The molecule has 0 aromatic heterocycles. The minimum absolute atomic E-state index is 0.0710. The van der Waals surface area contributed by atoms with E-state index in [1.165, 1.54) is 0 Å². The summed E-state index contributed by atoms with van der Waals surface area (Å²) in [4.78, 5) is 12.1. The van der Waals surface area contributed by atoms with Gasteiger partial charge in [-0.1, -0.05) is 26.0 Å². The van der Waals surface area contributed by atoms with Crippen LogP contribution in [0.1, 0.15) is 30.6 Å². The Bertz CT molecular complexity index is 573. The predicted molar refractivity (Wildman–Crippen MR) is 86.4 cm³/mol. The third-order valence-electron chi connectivity index (χ3n) is 2.65. The molecule has 2 N–H and O–H groups in total. The second-order valence-electron chi connectivity index (χ2n) is 5.11. The molecule has 0 bridgehead atoms. The molecule has 0 atom stereocenters. The summed E-state index contributed by atoms with van der Waals surface area (Å²) >= 11 is 5.51. The molecule has 0 saturated heterocycles. The zero-order valence-corrected chi connectivity index (χ0v) is 13.8. The quantitative estimate of drug-likeness (QED) is 0.718. The Labute approximate surface area is 131 Å². The molecule has 0 spiro atoms. The molecule has 0 heterocycles. The van der Waals surface area contributed by atoms with E-state index in [4.69, 9.17) is 11.6 Å². The number of hydrogen-bond donors (Lipinski definition) is 2. The number of halogens is 1. The van der Waals surface area contributed by atoms with Crippen molar-refractivity contribution < 1.29 is 13.2 Å². The summed E-state index contributed by atoms with van der Waals surface area (Å²) in [5, 5.41) is 2.77. The lowest BCUT2D eigenvalue weighted by Gasteiger charge is -2.13. The van der Waals surface area contributed by atoms with Gasteiger partial charge in [0.05, 0.1) is 17.0 Å². The van der Waals surface area contributed by atoms with Crippen LogP contribution in [-0.2, 0) is 10.0 Å². The Balaban J connectivity index is 2.86. The van der Waals surface area contributed by atoms with Gasteiger partial charge in [-0.3, -0.25) is 9.52 Å². The van der Waals surface area contributed by atoms with Crippen LogP contribution in [0.3, 0.4) is 0 Å². The molecule has 5 nitrogen and oxygen atoms in total. The van der Waals surface area contributed by atoms with Crippen molar-refractivity contribution in [2.75, 3.05) is 22.9 Å². The van der Waals surface area contributed by atoms with Crippen LogP contribution in [0.4, 0.5) is 5.69 Å². The molecule has 21 heavy (non-hydrogen) atoms. The summed E-state index contributed by atoms with van der Waals surface area (Å²) in [6.07, 6.45) is 0.360. The molecular weight excluding hydrogens is 312 g/mol. The van der Waals surface area contributed by atoms with E-state index in [9.17, 15) is 13.2 Å². The number of sulfonamides is 1. The summed E-state index contributed by atoms with van der Waals surface area (Å²) < 4.78 is 26.2. The van der Waals surface area contributed by atoms with E-state index in [1.54, 1.807) is 24.3 Å². The van der Waals surface area contributed by atoms with Crippen molar-refractivity contribution in [3.05, 3.63) is 29.8 Å². The lowest BCUT2D eigenvalue weighted by atomic mass is 10.1. The lowest BCUT2D eigenvalue weighted by Crippen LogP contribution is -2.28. The fraction of sp³-hybridized carbons (Fsp3) is 0.500. The van der Waals surface area contributed by atoms with Crippen molar-refractivity contribution in [3.63, 3.8) is 0 Å². The van der Waals surface area contributed by atoms with E-state index in [0.29, 0.717) is 24.4 Å². The first kappa shape index (κ1) is 17.8. The number of anilines is 1. The number of benzene rings is 1. The van der Waals surface area contributed by atoms with Crippen LogP contribution in [0, 0.1) is 5.92 Å². The monoisotopic (exact) mass is 332 g/mol. The average molecular weight is 333 g/mol. The summed E-state index contributed by atoms with van der Waals surface area (Å²) in [5.41, 5.74) is 0.598. The number of rotatable bonds is 8. The van der Waals surface area contributed by atoms with Gasteiger partial charge in [0.2, 0.25) is 10.0 Å². The first-order valence-corrected chi connectivity index (χ1v) is 8.98. The molecule has 0 radical (unpaired) electrons. The fourth-order valence-electron chi connectivity index (χ4n) is 1.63. The van der Waals surface area contributed by atoms with Gasteiger partial charge in [-0.15, -0.1) is 11.6 Å². The molecule has 0 aliphatic rings. The number of para-hydroxylation sites is 1. The molecule has 118 valence electrons. The molecular formula is C14H21ClN2O3S. The second-order valence-corrected chi connectivity index (χ2v) is 7.33. The molecule has 1 rings (SSSR count). The molecule has 1 aromatic carbocycles. The normalized spacial score (nSPS) is 11.4. The maximum Gasteiger partial charge on any atom is 0.253 e. The number of alkyl halides is 1. The smallest absolute Gasteiger partial charge is 0.253 e. The highest BCUT2D eigenvalue weighted by molar-refractivity contribution is 7.92. The number of hydrogen-bond acceptors (Lipinski definition) is 3. The van der Waals surface area contributed by atoms with Crippen LogP contribution in [0.5, 0.6) is 0 Å². The van der Waals surface area contributed by atoms with Crippen LogP contribution in [0.15, 0.2) is 24.3 Å². The van der Waals surface area contributed by atoms with Crippen molar-refractivity contribution in [1.82, 2.24) is 5.32 Å². The molecule has 0 unspecified atom stereocenters. The van der Waals surface area contributed by atoms with Crippen LogP contribution in [-0.4, -0.2) is 32.5 Å². The Morgan fingerprint density at radius 2 is 1.95 bits per heavy atom. The summed E-state index contributed by atoms with van der Waals surface area (Å²) in [6.45, 7) is 4.51. The van der Waals surface area contributed by atoms with Gasteiger partial charge in [-0.25, -0.2) is 8.42 Å². The van der Waals surface area contributed by atoms with E-state index < -0.39 is 10.0 Å². The van der Waals surface area contributed by atoms with Gasteiger partial charge in [0.25, 0.3) is 5.91 Å². The number of carbonyl (C=O) groups excluding carboxylic acids is 1. The van der Waals surface area contributed by atoms with Crippen molar-refractivity contribution in [3.8, 4) is 0 Å². The lowest BCUT2D eigenvalue weighted by molar-refractivity contribution is 0.0950. The Hall–Kier alpha value is -1.27. The van der Waals surface area contributed by atoms with Crippen molar-refractivity contribution >= 4 is 33.2 Å². The van der Waals surface area contributed by atoms with E-state index in [0.717, 1.165) is 0 Å². The molecule has 1 aromatic rings. The van der Waals surface area contributed by atoms with Gasteiger partial charge in [0, 0.05) is 12.4 Å². The third-order valence-corrected chi connectivity index (χ3v) is 4.28. The second kappa shape index (κ2) is 8.24. The highest BCUT2D eigenvalue weighted by atomic mass is 35.5. The molecule has 0 saturated carbocycles. The largest absolute Gasteiger partial charge is 0.352 e. The summed E-state index contributed by atoms with van der Waals surface area (Å²) in [5.74, 6) is 0.233. The number of nitrogens with one attached hydrogen (secondary N) is 2. The van der Waals surface area contributed by atoms with Crippen LogP contribution in [0.2, 0.25) is 0 Å². The molecule has 7 heteroatoms. The highest BCUT2D eigenvalue weighted by Gasteiger charge is 2.16. The predicted octanol–water partition coefficient (Wildman–Crippen LogP) is 2.44. The van der Waals surface area contributed by atoms with Crippen molar-refractivity contribution in [1.29, 1.82) is 0 Å². The minimum atomic E-state index is -3.50. The zero-order valence-electron chi connectivity index (χ0n) is 12.2. The standard InChI is InChI=1S/C14H21ClN2O3S/c1-11(2)10-16-14(18)12-6-3-4-7-13(12)17-21(19,20)9-5-8-15/h3-4,6-7,11,17H,5,8-10H2,1-2H3,(H,16,18). The van der Waals surface area contributed by atoms with Gasteiger partial charge < -0.3 is 5.32 Å². The van der Waals surface area contributed by atoms with Crippen LogP contribution >= 0.6 is 11.6 Å². The third kappa shape index (κ3) is 6.35.